The van der Waals surface area contributed by atoms with Crippen molar-refractivity contribution in [2.45, 2.75) is 6.04 Å². The summed E-state index contributed by atoms with van der Waals surface area (Å²) in [6.07, 6.45) is 0.854. The van der Waals surface area contributed by atoms with Crippen molar-refractivity contribution in [1.82, 2.24) is 0 Å². The van der Waals surface area contributed by atoms with E-state index in [1.165, 1.54) is 0 Å². The van der Waals surface area contributed by atoms with E-state index >= 15 is 0 Å². The van der Waals surface area contributed by atoms with Crippen LogP contribution in [0, 0.1) is 0 Å². The van der Waals surface area contributed by atoms with Gasteiger partial charge in [-0.3, -0.25) is 4.79 Å². The highest BCUT2D eigenvalue weighted by Crippen LogP contribution is 2.24. The van der Waals surface area contributed by atoms with Crippen LogP contribution in [0.15, 0.2) is 36.4 Å². The highest BCUT2D eigenvalue weighted by molar-refractivity contribution is 5.99. The zero-order valence-corrected chi connectivity index (χ0v) is 8.89. The summed E-state index contributed by atoms with van der Waals surface area (Å²) in [6, 6.07) is 11.3. The molecule has 0 aliphatic heterocycles. The number of aldehydes is 1. The zero-order valence-electron chi connectivity index (χ0n) is 8.89. The summed E-state index contributed by atoms with van der Waals surface area (Å²) in [4.78, 5) is 11.2. The summed E-state index contributed by atoms with van der Waals surface area (Å²) < 4.78 is 0. The van der Waals surface area contributed by atoms with Gasteiger partial charge in [0.25, 0.3) is 0 Å². The van der Waals surface area contributed by atoms with Gasteiger partial charge in [0.05, 0.1) is 0 Å². The van der Waals surface area contributed by atoms with Crippen molar-refractivity contribution in [1.29, 1.82) is 0 Å². The average molecular weight is 214 g/mol. The van der Waals surface area contributed by atoms with E-state index < -0.39 is 0 Å². The fourth-order valence-corrected chi connectivity index (χ4v) is 1.89. The Labute approximate surface area is 94.0 Å². The van der Waals surface area contributed by atoms with Crippen LogP contribution in [0.3, 0.4) is 0 Å². The number of benzene rings is 2. The Morgan fingerprint density at radius 1 is 1.19 bits per heavy atom. The van der Waals surface area contributed by atoms with Gasteiger partial charge < -0.3 is 11.5 Å². The first-order valence-corrected chi connectivity index (χ1v) is 5.20. The average Bonchev–Trinajstić information content (AvgIpc) is 2.36. The molecule has 0 saturated carbocycles. The van der Waals surface area contributed by atoms with Crippen LogP contribution in [-0.4, -0.2) is 12.8 Å². The Morgan fingerprint density at radius 3 is 2.62 bits per heavy atom. The van der Waals surface area contributed by atoms with E-state index in [0.29, 0.717) is 12.1 Å². The second-order valence-corrected chi connectivity index (χ2v) is 3.75. The maximum Gasteiger partial charge on any atom is 0.151 e. The maximum absolute atomic E-state index is 11.2. The normalized spacial score (nSPS) is 12.6. The highest BCUT2D eigenvalue weighted by Gasteiger charge is 2.11. The van der Waals surface area contributed by atoms with Crippen LogP contribution in [0.5, 0.6) is 0 Å². The third kappa shape index (κ3) is 1.71. The lowest BCUT2D eigenvalue weighted by molar-refractivity contribution is 0.112. The Bertz CT molecular complexity index is 522. The van der Waals surface area contributed by atoms with Crippen molar-refractivity contribution in [3.63, 3.8) is 0 Å². The molecule has 0 bridgehead atoms. The smallest absolute Gasteiger partial charge is 0.151 e. The number of hydrogen-bond acceptors (Lipinski definition) is 3. The van der Waals surface area contributed by atoms with Crippen molar-refractivity contribution in [3.8, 4) is 0 Å². The lowest BCUT2D eigenvalue weighted by Crippen LogP contribution is -2.22. The van der Waals surface area contributed by atoms with Gasteiger partial charge in [-0.25, -0.2) is 0 Å². The van der Waals surface area contributed by atoms with Crippen molar-refractivity contribution in [3.05, 3.63) is 47.5 Å². The number of carbonyl (C=O) groups is 1. The minimum Gasteiger partial charge on any atom is -0.329 e. The third-order valence-corrected chi connectivity index (χ3v) is 2.78. The number of fused-ring (bicyclic) bond motifs is 1. The SMILES string of the molecule is NCC(N)c1ccc2ccccc2c1C=O. The lowest BCUT2D eigenvalue weighted by atomic mass is 9.95. The summed E-state index contributed by atoms with van der Waals surface area (Å²) >= 11 is 0. The van der Waals surface area contributed by atoms with Crippen LogP contribution < -0.4 is 11.5 Å². The van der Waals surface area contributed by atoms with Crippen molar-refractivity contribution < 1.29 is 4.79 Å². The molecule has 2 aromatic rings. The van der Waals surface area contributed by atoms with Gasteiger partial charge in [0.15, 0.2) is 6.29 Å². The van der Waals surface area contributed by atoms with Crippen LogP contribution in [-0.2, 0) is 0 Å². The van der Waals surface area contributed by atoms with E-state index in [1.807, 2.05) is 36.4 Å². The van der Waals surface area contributed by atoms with Crippen LogP contribution in [0.2, 0.25) is 0 Å². The van der Waals surface area contributed by atoms with Crippen LogP contribution in [0.4, 0.5) is 0 Å². The Kier molecular flexibility index (Phi) is 2.99. The molecule has 0 aliphatic carbocycles. The summed E-state index contributed by atoms with van der Waals surface area (Å²) in [5.74, 6) is 0. The topological polar surface area (TPSA) is 69.1 Å². The van der Waals surface area contributed by atoms with Gasteiger partial charge in [0, 0.05) is 18.2 Å². The third-order valence-electron chi connectivity index (χ3n) is 2.78. The monoisotopic (exact) mass is 214 g/mol. The molecule has 0 aromatic heterocycles. The number of nitrogens with two attached hydrogens (primary N) is 2. The lowest BCUT2D eigenvalue weighted by Gasteiger charge is -2.13. The molecule has 16 heavy (non-hydrogen) atoms. The highest BCUT2D eigenvalue weighted by atomic mass is 16.1. The minimum atomic E-state index is -0.287. The second-order valence-electron chi connectivity index (χ2n) is 3.75. The van der Waals surface area contributed by atoms with E-state index in [0.717, 1.165) is 22.6 Å². The number of hydrogen-bond donors (Lipinski definition) is 2. The molecule has 4 N–H and O–H groups in total. The number of carbonyl (C=O) groups excluding carboxylic acids is 1. The molecule has 3 nitrogen and oxygen atoms in total. The first-order valence-electron chi connectivity index (χ1n) is 5.20. The van der Waals surface area contributed by atoms with E-state index in [2.05, 4.69) is 0 Å². The van der Waals surface area contributed by atoms with Gasteiger partial charge in [-0.05, 0) is 16.3 Å². The first-order chi connectivity index (χ1) is 7.77. The maximum atomic E-state index is 11.2. The summed E-state index contributed by atoms with van der Waals surface area (Å²) in [5, 5.41) is 1.97. The fourth-order valence-electron chi connectivity index (χ4n) is 1.89. The Balaban J connectivity index is 2.72. The Morgan fingerprint density at radius 2 is 1.94 bits per heavy atom. The van der Waals surface area contributed by atoms with E-state index in [-0.39, 0.29) is 6.04 Å². The number of rotatable bonds is 3. The molecule has 0 heterocycles. The summed E-state index contributed by atoms with van der Waals surface area (Å²) in [6.45, 7) is 0.333. The summed E-state index contributed by atoms with van der Waals surface area (Å²) in [7, 11) is 0. The molecule has 2 rings (SSSR count). The molecule has 82 valence electrons. The van der Waals surface area contributed by atoms with Gasteiger partial charge in [-0.2, -0.15) is 0 Å². The van der Waals surface area contributed by atoms with Gasteiger partial charge in [-0.15, -0.1) is 0 Å². The van der Waals surface area contributed by atoms with Crippen LogP contribution in [0.25, 0.3) is 10.8 Å². The molecule has 1 unspecified atom stereocenters. The molecule has 2 aromatic carbocycles. The quantitative estimate of drug-likeness (QED) is 0.763. The molecular formula is C13H14N2O. The molecule has 0 saturated heterocycles. The molecule has 0 radical (unpaired) electrons. The minimum absolute atomic E-state index is 0.287. The molecule has 0 aliphatic rings. The van der Waals surface area contributed by atoms with Crippen LogP contribution >= 0.6 is 0 Å². The van der Waals surface area contributed by atoms with Gasteiger partial charge in [0.2, 0.25) is 0 Å². The zero-order chi connectivity index (χ0) is 11.5. The standard InChI is InChI=1S/C13H14N2O/c14-7-13(15)11-6-5-9-3-1-2-4-10(9)12(11)8-16/h1-6,8,13H,7,14-15H2. The van der Waals surface area contributed by atoms with E-state index in [1.54, 1.807) is 0 Å². The van der Waals surface area contributed by atoms with Crippen molar-refractivity contribution in [2.75, 3.05) is 6.54 Å². The molecule has 1 atom stereocenters. The molecular weight excluding hydrogens is 200 g/mol. The Hall–Kier alpha value is -1.71. The largest absolute Gasteiger partial charge is 0.329 e. The van der Waals surface area contributed by atoms with Gasteiger partial charge >= 0.3 is 0 Å². The van der Waals surface area contributed by atoms with Crippen LogP contribution in [0.1, 0.15) is 22.0 Å². The molecule has 0 amide bonds. The van der Waals surface area contributed by atoms with Gasteiger partial charge in [0.1, 0.15) is 0 Å². The van der Waals surface area contributed by atoms with Crippen molar-refractivity contribution in [2.24, 2.45) is 11.5 Å². The van der Waals surface area contributed by atoms with E-state index in [4.69, 9.17) is 11.5 Å². The molecule has 3 heteroatoms. The molecule has 0 fully saturated rings. The second kappa shape index (κ2) is 4.43. The van der Waals surface area contributed by atoms with E-state index in [9.17, 15) is 4.79 Å². The predicted molar refractivity (Wildman–Crippen MR) is 65.3 cm³/mol. The summed E-state index contributed by atoms with van der Waals surface area (Å²) in [5.41, 5.74) is 12.9. The predicted octanol–water partition coefficient (Wildman–Crippen LogP) is 1.61. The van der Waals surface area contributed by atoms with Crippen molar-refractivity contribution >= 4 is 17.1 Å². The first kappa shape index (κ1) is 10.8. The molecule has 0 spiro atoms. The van der Waals surface area contributed by atoms with Gasteiger partial charge in [-0.1, -0.05) is 36.4 Å². The fraction of sp³-hybridized carbons (Fsp3) is 0.154.